The minimum atomic E-state index is -0.813. The number of rotatable bonds is 13. The molecule has 4 aromatic heterocycles. The Bertz CT molecular complexity index is 3050. The van der Waals surface area contributed by atoms with E-state index in [-0.39, 0.29) is 41.1 Å². The van der Waals surface area contributed by atoms with Crippen LogP contribution >= 0.6 is 0 Å². The molecule has 4 heterocycles. The van der Waals surface area contributed by atoms with Crippen molar-refractivity contribution in [3.8, 4) is 17.2 Å². The maximum Gasteiger partial charge on any atom is 0.276 e. The average molecular weight is 923 g/mol. The SMILES string of the molecule is Cc1cccc(C2(Cn3cc(O)c(=O)c(C(=O)NCc4cc(C)[nH]n4)n3)CCCC2)c1.Cc1cccc(C2(Cn3cc(O)c(=O)c(C(=O)NCc4cnn(-c5ccc(F)cc5)c4)n3)CCCC2)c1. The van der Waals surface area contributed by atoms with Crippen LogP contribution in [-0.2, 0) is 37.0 Å². The molecule has 7 aromatic rings. The minimum Gasteiger partial charge on any atom is -0.503 e. The van der Waals surface area contributed by atoms with Gasteiger partial charge in [0.15, 0.2) is 22.9 Å². The van der Waals surface area contributed by atoms with E-state index in [1.54, 1.807) is 35.3 Å². The first-order valence-corrected chi connectivity index (χ1v) is 22.8. The Morgan fingerprint density at radius 3 is 1.66 bits per heavy atom. The van der Waals surface area contributed by atoms with Crippen LogP contribution in [0, 0.1) is 26.6 Å². The van der Waals surface area contributed by atoms with Gasteiger partial charge < -0.3 is 20.8 Å². The van der Waals surface area contributed by atoms with Crippen LogP contribution in [0.2, 0.25) is 0 Å². The lowest BCUT2D eigenvalue weighted by molar-refractivity contribution is 0.0933. The number of halogens is 1. The fraction of sp³-hybridized carbons (Fsp3) is 0.333. The summed E-state index contributed by atoms with van der Waals surface area (Å²) in [5.74, 6) is -2.65. The molecule has 16 nitrogen and oxygen atoms in total. The van der Waals surface area contributed by atoms with Crippen LogP contribution in [0.3, 0.4) is 0 Å². The van der Waals surface area contributed by atoms with E-state index in [0.717, 1.165) is 57.1 Å². The summed E-state index contributed by atoms with van der Waals surface area (Å²) in [5.41, 5.74) is 5.09. The topological polar surface area (TPSA) is 215 Å². The lowest BCUT2D eigenvalue weighted by atomic mass is 9.78. The Morgan fingerprint density at radius 2 is 1.19 bits per heavy atom. The number of amides is 2. The van der Waals surface area contributed by atoms with Gasteiger partial charge in [-0.1, -0.05) is 85.3 Å². The van der Waals surface area contributed by atoms with Gasteiger partial charge >= 0.3 is 0 Å². The van der Waals surface area contributed by atoms with Gasteiger partial charge in [-0.2, -0.15) is 20.4 Å². The molecule has 3 aromatic carbocycles. The van der Waals surface area contributed by atoms with Crippen LogP contribution < -0.4 is 21.5 Å². The molecule has 0 atom stereocenters. The molecule has 2 amide bonds. The van der Waals surface area contributed by atoms with Crippen LogP contribution in [-0.4, -0.2) is 61.6 Å². The molecule has 0 bridgehead atoms. The van der Waals surface area contributed by atoms with Crippen molar-refractivity contribution in [2.45, 2.75) is 109 Å². The normalized spacial score (nSPS) is 14.8. The molecule has 0 spiro atoms. The first-order chi connectivity index (χ1) is 32.7. The van der Waals surface area contributed by atoms with E-state index < -0.39 is 34.2 Å². The van der Waals surface area contributed by atoms with Crippen LogP contribution in [0.1, 0.15) is 112 Å². The first-order valence-electron chi connectivity index (χ1n) is 22.8. The smallest absolute Gasteiger partial charge is 0.276 e. The first kappa shape index (κ1) is 46.8. The number of benzene rings is 3. The van der Waals surface area contributed by atoms with E-state index in [1.165, 1.54) is 56.1 Å². The predicted octanol–water partition coefficient (Wildman–Crippen LogP) is 6.75. The van der Waals surface area contributed by atoms with Crippen molar-refractivity contribution in [2.75, 3.05) is 0 Å². The molecule has 2 fully saturated rings. The summed E-state index contributed by atoms with van der Waals surface area (Å²) in [5, 5.41) is 45.7. The van der Waals surface area contributed by atoms with E-state index >= 15 is 0 Å². The third kappa shape index (κ3) is 10.6. The number of aromatic nitrogens is 8. The van der Waals surface area contributed by atoms with Gasteiger partial charge in [0.2, 0.25) is 0 Å². The Kier molecular flexibility index (Phi) is 13.8. The molecule has 9 rings (SSSR count). The van der Waals surface area contributed by atoms with E-state index in [0.29, 0.717) is 30.0 Å². The van der Waals surface area contributed by atoms with Gasteiger partial charge in [0, 0.05) is 34.8 Å². The zero-order valence-electron chi connectivity index (χ0n) is 38.3. The van der Waals surface area contributed by atoms with Crippen molar-refractivity contribution in [3.63, 3.8) is 0 Å². The Balaban J connectivity index is 0.000000187. The van der Waals surface area contributed by atoms with Crippen LogP contribution in [0.15, 0.2) is 113 Å². The average Bonchev–Trinajstić information content (AvgIpc) is 4.17. The summed E-state index contributed by atoms with van der Waals surface area (Å²) in [6, 6.07) is 24.5. The second-order valence-corrected chi connectivity index (χ2v) is 18.2. The number of carbonyl (C=O) groups is 2. The highest BCUT2D eigenvalue weighted by atomic mass is 19.1. The van der Waals surface area contributed by atoms with Gasteiger partial charge in [0.25, 0.3) is 22.7 Å². The van der Waals surface area contributed by atoms with Gasteiger partial charge in [-0.25, -0.2) is 9.07 Å². The quantitative estimate of drug-likeness (QED) is 0.0820. The number of nitrogens with one attached hydrogen (secondary N) is 3. The van der Waals surface area contributed by atoms with Crippen molar-refractivity contribution < 1.29 is 24.2 Å². The van der Waals surface area contributed by atoms with Gasteiger partial charge in [-0.3, -0.25) is 33.6 Å². The number of aromatic hydroxyl groups is 2. The zero-order chi connectivity index (χ0) is 48.0. The highest BCUT2D eigenvalue weighted by Crippen LogP contribution is 2.44. The van der Waals surface area contributed by atoms with E-state index in [9.17, 15) is 33.8 Å². The van der Waals surface area contributed by atoms with Gasteiger partial charge in [-0.15, -0.1) is 0 Å². The molecular weight excluding hydrogens is 868 g/mol. The van der Waals surface area contributed by atoms with Gasteiger partial charge in [-0.05, 0) is 87.9 Å². The molecule has 2 aliphatic carbocycles. The van der Waals surface area contributed by atoms with Gasteiger partial charge in [0.05, 0.1) is 49.6 Å². The molecule has 2 aliphatic rings. The highest BCUT2D eigenvalue weighted by molar-refractivity contribution is 5.92. The summed E-state index contributed by atoms with van der Waals surface area (Å²) < 4.78 is 17.8. The Labute approximate surface area is 391 Å². The standard InChI is InChI=1S/C28H28FN5O3.C23H27N5O3/c1-19-5-4-6-21(13-19)28(11-2-3-12-28)18-33-17-24(35)26(36)25(32-33)27(37)30-14-20-15-31-34(16-20)23-9-7-22(29)8-10-23;1-15-6-5-7-17(10-15)23(8-3-4-9-23)14-28-13-19(29)21(30)20(27-28)22(31)24-12-18-11-16(2)25-26-18/h4-10,13,15-17,35H,2-3,11-12,14,18H2,1H3,(H,30,37);5-7,10-11,13,29H,3-4,8-9,12,14H2,1-2H3,(H,24,31)(H,25,26). The molecule has 17 heteroatoms. The molecule has 0 saturated heterocycles. The van der Waals surface area contributed by atoms with Crippen LogP contribution in [0.5, 0.6) is 11.5 Å². The third-order valence-corrected chi connectivity index (χ3v) is 13.0. The largest absolute Gasteiger partial charge is 0.503 e. The Morgan fingerprint density at radius 1 is 0.691 bits per heavy atom. The second kappa shape index (κ2) is 20.0. The molecule has 2 saturated carbocycles. The summed E-state index contributed by atoms with van der Waals surface area (Å²) in [6.45, 7) is 7.19. The third-order valence-electron chi connectivity index (χ3n) is 13.0. The molecule has 0 radical (unpaired) electrons. The maximum atomic E-state index is 13.2. The number of H-pyrrole nitrogens is 1. The summed E-state index contributed by atoms with van der Waals surface area (Å²) in [7, 11) is 0. The lowest BCUT2D eigenvalue weighted by Crippen LogP contribution is -2.34. The second-order valence-electron chi connectivity index (χ2n) is 18.2. The summed E-state index contributed by atoms with van der Waals surface area (Å²) in [4.78, 5) is 50.6. The number of hydrogen-bond donors (Lipinski definition) is 5. The number of carbonyl (C=O) groups excluding carboxylic acids is 2. The van der Waals surface area contributed by atoms with Crippen molar-refractivity contribution in [1.29, 1.82) is 0 Å². The molecular formula is C51H55FN10O6. The fourth-order valence-electron chi connectivity index (χ4n) is 9.53. The Hall–Kier alpha value is -7.69. The molecule has 0 aliphatic heterocycles. The van der Waals surface area contributed by atoms with Crippen molar-refractivity contribution in [1.82, 2.24) is 50.2 Å². The molecule has 352 valence electrons. The highest BCUT2D eigenvalue weighted by Gasteiger charge is 2.38. The van der Waals surface area contributed by atoms with Crippen molar-refractivity contribution >= 4 is 11.8 Å². The lowest BCUT2D eigenvalue weighted by Gasteiger charge is -2.30. The molecule has 68 heavy (non-hydrogen) atoms. The molecule has 0 unspecified atom stereocenters. The minimum absolute atomic E-state index is 0.101. The predicted molar refractivity (Wildman–Crippen MR) is 252 cm³/mol. The van der Waals surface area contributed by atoms with Crippen molar-refractivity contribution in [3.05, 3.63) is 181 Å². The van der Waals surface area contributed by atoms with E-state index in [4.69, 9.17) is 0 Å². The molecule has 5 N–H and O–H groups in total. The fourth-order valence-corrected chi connectivity index (χ4v) is 9.53. The van der Waals surface area contributed by atoms with Gasteiger partial charge in [0.1, 0.15) is 5.82 Å². The summed E-state index contributed by atoms with van der Waals surface area (Å²) in [6.07, 6.45) is 14.2. The van der Waals surface area contributed by atoms with E-state index in [2.05, 4.69) is 92.4 Å². The maximum absolute atomic E-state index is 13.2. The summed E-state index contributed by atoms with van der Waals surface area (Å²) >= 11 is 0. The van der Waals surface area contributed by atoms with Crippen molar-refractivity contribution in [2.24, 2.45) is 0 Å². The van der Waals surface area contributed by atoms with Crippen LogP contribution in [0.25, 0.3) is 5.69 Å². The number of hydrogen-bond acceptors (Lipinski definition) is 10. The number of aryl methyl sites for hydroxylation is 3. The number of nitrogens with zero attached hydrogens (tertiary/aromatic N) is 7. The van der Waals surface area contributed by atoms with E-state index in [1.807, 2.05) is 13.0 Å². The monoisotopic (exact) mass is 922 g/mol. The van der Waals surface area contributed by atoms with Crippen LogP contribution in [0.4, 0.5) is 4.39 Å². The number of aromatic amines is 1. The zero-order valence-corrected chi connectivity index (χ0v) is 38.3.